The Bertz CT molecular complexity index is 58.8. The van der Waals surface area contributed by atoms with E-state index >= 15 is 0 Å². The molecule has 0 atom stereocenters. The van der Waals surface area contributed by atoms with Gasteiger partial charge in [0.25, 0.3) is 0 Å². The van der Waals surface area contributed by atoms with Crippen molar-refractivity contribution in [2.24, 2.45) is 0 Å². The first-order chi connectivity index (χ1) is 3.46. The van der Waals surface area contributed by atoms with E-state index in [9.17, 15) is 4.79 Å². The maximum atomic E-state index is 9.44. The molecule has 0 N–H and O–H groups in total. The van der Waals surface area contributed by atoms with Crippen LogP contribution in [0.2, 0.25) is 0 Å². The average Bonchev–Trinajstić information content (AvgIpc) is 1.25. The fourth-order valence-corrected chi connectivity index (χ4v) is 0. The molecule has 0 aromatic carbocycles. The van der Waals surface area contributed by atoms with Crippen LogP contribution in [0.25, 0.3) is 0 Å². The minimum atomic E-state index is -2.03. The molecule has 0 fully saturated rings. The Kier molecular flexibility index (Phi) is 12.6. The van der Waals surface area contributed by atoms with Crippen LogP contribution in [0.3, 0.4) is 0 Å². The number of hydrogen-bond donors (Lipinski definition) is 0. The molecular formula is C3H6Cl3OSb. The molecule has 0 bridgehead atoms. The molecule has 0 aromatic heterocycles. The van der Waals surface area contributed by atoms with Gasteiger partial charge in [0.05, 0.1) is 0 Å². The summed E-state index contributed by atoms with van der Waals surface area (Å²) in [6, 6.07) is 0. The van der Waals surface area contributed by atoms with Gasteiger partial charge >= 0.3 is 43.3 Å². The topological polar surface area (TPSA) is 17.1 Å². The van der Waals surface area contributed by atoms with Crippen LogP contribution < -0.4 is 0 Å². The predicted octanol–water partition coefficient (Wildman–Crippen LogP) is 2.28. The van der Waals surface area contributed by atoms with E-state index in [1.165, 1.54) is 13.8 Å². The number of Topliss-reactive ketones (excluding diaryl/α,β-unsaturated/α-hetero) is 1. The maximum absolute atomic E-state index is 9.44. The fourth-order valence-electron chi connectivity index (χ4n) is 0. The molecule has 0 radical (unpaired) electrons. The molecule has 0 aliphatic rings. The van der Waals surface area contributed by atoms with Gasteiger partial charge in [-0.05, 0) is 13.8 Å². The van der Waals surface area contributed by atoms with E-state index in [-0.39, 0.29) is 5.78 Å². The molecular weight excluding hydrogens is 280 g/mol. The number of carbonyl (C=O) groups excluding carboxylic acids is 1. The van der Waals surface area contributed by atoms with E-state index in [0.29, 0.717) is 0 Å². The summed E-state index contributed by atoms with van der Waals surface area (Å²) < 4.78 is 0. The van der Waals surface area contributed by atoms with Crippen LogP contribution in [0.1, 0.15) is 13.8 Å². The molecule has 0 rings (SSSR count). The van der Waals surface area contributed by atoms with E-state index in [0.717, 1.165) is 0 Å². The monoisotopic (exact) mass is 284 g/mol. The van der Waals surface area contributed by atoms with Crippen molar-refractivity contribution in [1.29, 1.82) is 0 Å². The first kappa shape index (κ1) is 12.1. The predicted molar refractivity (Wildman–Crippen MR) is 39.7 cm³/mol. The zero-order valence-electron chi connectivity index (χ0n) is 4.49. The van der Waals surface area contributed by atoms with Crippen LogP contribution in [0.4, 0.5) is 0 Å². The molecule has 0 amide bonds. The second kappa shape index (κ2) is 8.36. The summed E-state index contributed by atoms with van der Waals surface area (Å²) in [6.07, 6.45) is 0. The Morgan fingerprint density at radius 2 is 1.25 bits per heavy atom. The minimum absolute atomic E-state index is 0.167. The summed E-state index contributed by atoms with van der Waals surface area (Å²) in [5, 5.41) is 0. The fraction of sp³-hybridized carbons (Fsp3) is 0.667. The summed E-state index contributed by atoms with van der Waals surface area (Å²) >= 11 is -2.03. The van der Waals surface area contributed by atoms with E-state index in [4.69, 9.17) is 26.5 Å². The van der Waals surface area contributed by atoms with Crippen molar-refractivity contribution in [2.45, 2.75) is 13.8 Å². The van der Waals surface area contributed by atoms with Gasteiger partial charge in [-0.25, -0.2) is 0 Å². The second-order valence-corrected chi connectivity index (χ2v) is 12.5. The van der Waals surface area contributed by atoms with E-state index in [1.54, 1.807) is 0 Å². The van der Waals surface area contributed by atoms with Crippen LogP contribution >= 0.6 is 26.5 Å². The van der Waals surface area contributed by atoms with Gasteiger partial charge in [0.15, 0.2) is 0 Å². The van der Waals surface area contributed by atoms with E-state index < -0.39 is 16.8 Å². The number of halogens is 3. The first-order valence-corrected chi connectivity index (χ1v) is 11.4. The molecule has 1 nitrogen and oxygen atoms in total. The van der Waals surface area contributed by atoms with Crippen molar-refractivity contribution in [3.05, 3.63) is 0 Å². The summed E-state index contributed by atoms with van der Waals surface area (Å²) in [5.41, 5.74) is 0. The van der Waals surface area contributed by atoms with Crippen LogP contribution in [0, 0.1) is 0 Å². The van der Waals surface area contributed by atoms with Crippen LogP contribution in [0.5, 0.6) is 0 Å². The molecule has 8 heavy (non-hydrogen) atoms. The third-order valence-electron chi connectivity index (χ3n) is 0. The summed E-state index contributed by atoms with van der Waals surface area (Å²) in [5.74, 6) is 0.167. The Hall–Kier alpha value is 1.36. The normalized spacial score (nSPS) is 7.75. The Morgan fingerprint density at radius 1 is 1.25 bits per heavy atom. The Morgan fingerprint density at radius 3 is 1.25 bits per heavy atom. The zero-order valence-corrected chi connectivity index (χ0v) is 9.31. The van der Waals surface area contributed by atoms with E-state index in [2.05, 4.69) is 0 Å². The van der Waals surface area contributed by atoms with Crippen molar-refractivity contribution < 1.29 is 4.79 Å². The number of hydrogen-bond acceptors (Lipinski definition) is 1. The Labute approximate surface area is 67.3 Å². The number of rotatable bonds is 0. The second-order valence-electron chi connectivity index (χ2n) is 1.10. The number of ketones is 1. The van der Waals surface area contributed by atoms with Crippen LogP contribution in [-0.2, 0) is 4.79 Å². The molecule has 0 aliphatic heterocycles. The molecule has 50 valence electrons. The molecule has 0 aromatic rings. The van der Waals surface area contributed by atoms with Gasteiger partial charge in [0.1, 0.15) is 5.78 Å². The molecule has 0 spiro atoms. The van der Waals surface area contributed by atoms with Crippen molar-refractivity contribution in [1.82, 2.24) is 0 Å². The summed E-state index contributed by atoms with van der Waals surface area (Å²) in [4.78, 5) is 9.44. The summed E-state index contributed by atoms with van der Waals surface area (Å²) in [6.45, 7) is 3.06. The third kappa shape index (κ3) is 161. The van der Waals surface area contributed by atoms with Gasteiger partial charge in [0.2, 0.25) is 0 Å². The van der Waals surface area contributed by atoms with Crippen LogP contribution in [-0.4, -0.2) is 22.6 Å². The molecule has 0 saturated carbocycles. The Balaban J connectivity index is 0. The SMILES string of the molecule is CC(C)=O.[Cl][Sb]([Cl])[Cl]. The summed E-state index contributed by atoms with van der Waals surface area (Å²) in [7, 11) is 15.0. The van der Waals surface area contributed by atoms with Gasteiger partial charge in [-0.3, -0.25) is 0 Å². The van der Waals surface area contributed by atoms with Gasteiger partial charge < -0.3 is 4.79 Å². The average molecular weight is 286 g/mol. The van der Waals surface area contributed by atoms with Crippen LogP contribution in [0.15, 0.2) is 0 Å². The van der Waals surface area contributed by atoms with Crippen molar-refractivity contribution in [3.63, 3.8) is 0 Å². The van der Waals surface area contributed by atoms with Gasteiger partial charge in [0, 0.05) is 0 Å². The zero-order chi connectivity index (χ0) is 7.15. The van der Waals surface area contributed by atoms with Gasteiger partial charge in [-0.15, -0.1) is 0 Å². The van der Waals surface area contributed by atoms with Crippen molar-refractivity contribution in [2.75, 3.05) is 0 Å². The molecule has 5 heteroatoms. The first-order valence-electron chi connectivity index (χ1n) is 1.71. The molecule has 0 unspecified atom stereocenters. The van der Waals surface area contributed by atoms with Crippen molar-refractivity contribution in [3.8, 4) is 0 Å². The van der Waals surface area contributed by atoms with E-state index in [1.807, 2.05) is 0 Å². The molecule has 0 saturated heterocycles. The standard InChI is InChI=1S/C3H6O.3ClH.Sb/c1-3(2)4;;;;/h1-2H3;3*1H;/q;;;;+3/p-3. The number of carbonyl (C=O) groups is 1. The molecule has 0 heterocycles. The quantitative estimate of drug-likeness (QED) is 0.624. The van der Waals surface area contributed by atoms with Crippen molar-refractivity contribution >= 4 is 49.1 Å². The third-order valence-corrected chi connectivity index (χ3v) is 0. The van der Waals surface area contributed by atoms with Gasteiger partial charge in [-0.1, -0.05) is 0 Å². The molecule has 0 aliphatic carbocycles. The van der Waals surface area contributed by atoms with Gasteiger partial charge in [-0.2, -0.15) is 0 Å².